The molecule has 0 aromatic rings. The molecule has 1 heterocycles. The maximum absolute atomic E-state index is 12.0. The first kappa shape index (κ1) is 11.5. The van der Waals surface area contributed by atoms with Crippen LogP contribution >= 0.6 is 0 Å². The number of amides is 1. The average Bonchev–Trinajstić information content (AvgIpc) is 2.42. The van der Waals surface area contributed by atoms with E-state index in [4.69, 9.17) is 0 Å². The second-order valence-corrected chi connectivity index (χ2v) is 4.92. The van der Waals surface area contributed by atoms with Crippen molar-refractivity contribution in [3.05, 3.63) is 0 Å². The van der Waals surface area contributed by atoms with E-state index in [0.29, 0.717) is 23.9 Å². The van der Waals surface area contributed by atoms with Crippen molar-refractivity contribution < 1.29 is 4.79 Å². The first-order chi connectivity index (χ1) is 6.49. The molecule has 0 radical (unpaired) electrons. The Morgan fingerprint density at radius 3 is 2.43 bits per heavy atom. The summed E-state index contributed by atoms with van der Waals surface area (Å²) in [7, 11) is 0. The van der Waals surface area contributed by atoms with Crippen molar-refractivity contribution in [3.63, 3.8) is 0 Å². The highest BCUT2D eigenvalue weighted by Crippen LogP contribution is 2.32. The van der Waals surface area contributed by atoms with Crippen molar-refractivity contribution in [3.8, 4) is 0 Å². The van der Waals surface area contributed by atoms with Gasteiger partial charge in [-0.3, -0.25) is 4.79 Å². The SMILES string of the molecule is CCC1CC(C)C(C)N1C(=O)C(C)C. The maximum atomic E-state index is 12.0. The molecule has 82 valence electrons. The summed E-state index contributed by atoms with van der Waals surface area (Å²) in [6, 6.07) is 0.907. The third-order valence-electron chi connectivity index (χ3n) is 3.52. The van der Waals surface area contributed by atoms with E-state index in [2.05, 4.69) is 25.7 Å². The second kappa shape index (κ2) is 4.33. The molecule has 1 aliphatic heterocycles. The van der Waals surface area contributed by atoms with E-state index in [1.54, 1.807) is 0 Å². The molecule has 1 fully saturated rings. The molecule has 1 rings (SSSR count). The van der Waals surface area contributed by atoms with Crippen LogP contribution in [0.25, 0.3) is 0 Å². The highest BCUT2D eigenvalue weighted by Gasteiger charge is 2.38. The molecule has 0 spiro atoms. The van der Waals surface area contributed by atoms with Crippen molar-refractivity contribution >= 4 is 5.91 Å². The lowest BCUT2D eigenvalue weighted by Crippen LogP contribution is -2.42. The normalized spacial score (nSPS) is 32.7. The van der Waals surface area contributed by atoms with Gasteiger partial charge in [0.2, 0.25) is 5.91 Å². The smallest absolute Gasteiger partial charge is 0.225 e. The lowest BCUT2D eigenvalue weighted by Gasteiger charge is -2.30. The molecule has 1 saturated heterocycles. The van der Waals surface area contributed by atoms with E-state index in [1.807, 2.05) is 13.8 Å². The Balaban J connectivity index is 2.78. The predicted octanol–water partition coefficient (Wildman–Crippen LogP) is 2.68. The van der Waals surface area contributed by atoms with Crippen LogP contribution in [0.3, 0.4) is 0 Å². The number of carbonyl (C=O) groups excluding carboxylic acids is 1. The van der Waals surface area contributed by atoms with Crippen LogP contribution in [0.15, 0.2) is 0 Å². The van der Waals surface area contributed by atoms with Crippen LogP contribution in [0, 0.1) is 11.8 Å². The van der Waals surface area contributed by atoms with Gasteiger partial charge >= 0.3 is 0 Å². The van der Waals surface area contributed by atoms with Crippen LogP contribution in [-0.2, 0) is 4.79 Å². The zero-order valence-corrected chi connectivity index (χ0v) is 10.1. The Kier molecular flexibility index (Phi) is 3.57. The minimum atomic E-state index is 0.136. The van der Waals surface area contributed by atoms with Gasteiger partial charge in [-0.15, -0.1) is 0 Å². The molecular formula is C12H23NO. The van der Waals surface area contributed by atoms with Crippen LogP contribution in [0.1, 0.15) is 47.5 Å². The van der Waals surface area contributed by atoms with E-state index >= 15 is 0 Å². The monoisotopic (exact) mass is 197 g/mol. The van der Waals surface area contributed by atoms with Crippen LogP contribution in [0.2, 0.25) is 0 Å². The van der Waals surface area contributed by atoms with Gasteiger partial charge in [-0.2, -0.15) is 0 Å². The van der Waals surface area contributed by atoms with Gasteiger partial charge in [-0.1, -0.05) is 27.7 Å². The van der Waals surface area contributed by atoms with Crippen LogP contribution in [-0.4, -0.2) is 22.9 Å². The van der Waals surface area contributed by atoms with Gasteiger partial charge in [0.15, 0.2) is 0 Å². The zero-order chi connectivity index (χ0) is 10.9. The van der Waals surface area contributed by atoms with E-state index < -0.39 is 0 Å². The van der Waals surface area contributed by atoms with E-state index in [1.165, 1.54) is 6.42 Å². The van der Waals surface area contributed by atoms with Gasteiger partial charge in [0.25, 0.3) is 0 Å². The van der Waals surface area contributed by atoms with E-state index in [0.717, 1.165) is 6.42 Å². The van der Waals surface area contributed by atoms with Crippen LogP contribution < -0.4 is 0 Å². The van der Waals surface area contributed by atoms with Crippen LogP contribution in [0.4, 0.5) is 0 Å². The van der Waals surface area contributed by atoms with Gasteiger partial charge in [0, 0.05) is 18.0 Å². The molecule has 0 bridgehead atoms. The molecule has 0 aromatic carbocycles. The molecular weight excluding hydrogens is 174 g/mol. The minimum Gasteiger partial charge on any atom is -0.337 e. The lowest BCUT2D eigenvalue weighted by molar-refractivity contribution is -0.137. The first-order valence-corrected chi connectivity index (χ1v) is 5.81. The predicted molar refractivity (Wildman–Crippen MR) is 59.0 cm³/mol. The van der Waals surface area contributed by atoms with Crippen molar-refractivity contribution in [1.82, 2.24) is 4.90 Å². The van der Waals surface area contributed by atoms with Gasteiger partial charge in [0.1, 0.15) is 0 Å². The number of nitrogens with zero attached hydrogens (tertiary/aromatic N) is 1. The summed E-state index contributed by atoms with van der Waals surface area (Å²) in [6.45, 7) is 10.6. The molecule has 2 heteroatoms. The standard InChI is InChI=1S/C12H23NO/c1-6-11-7-9(4)10(5)13(11)12(14)8(2)3/h8-11H,6-7H2,1-5H3. The number of hydrogen-bond donors (Lipinski definition) is 0. The molecule has 14 heavy (non-hydrogen) atoms. The Bertz CT molecular complexity index is 212. The van der Waals surface area contributed by atoms with Gasteiger partial charge in [0.05, 0.1) is 0 Å². The van der Waals surface area contributed by atoms with Gasteiger partial charge < -0.3 is 4.90 Å². The molecule has 1 amide bonds. The number of likely N-dealkylation sites (tertiary alicyclic amines) is 1. The molecule has 2 nitrogen and oxygen atoms in total. The summed E-state index contributed by atoms with van der Waals surface area (Å²) >= 11 is 0. The highest BCUT2D eigenvalue weighted by atomic mass is 16.2. The summed E-state index contributed by atoms with van der Waals surface area (Å²) in [5.74, 6) is 1.12. The first-order valence-electron chi connectivity index (χ1n) is 5.81. The highest BCUT2D eigenvalue weighted by molar-refractivity contribution is 5.79. The van der Waals surface area contributed by atoms with Crippen molar-refractivity contribution in [1.29, 1.82) is 0 Å². The van der Waals surface area contributed by atoms with Gasteiger partial charge in [-0.25, -0.2) is 0 Å². The molecule has 3 unspecified atom stereocenters. The Morgan fingerprint density at radius 1 is 1.43 bits per heavy atom. The Labute approximate surface area is 87.7 Å². The Morgan fingerprint density at radius 2 is 2.00 bits per heavy atom. The summed E-state index contributed by atoms with van der Waals surface area (Å²) < 4.78 is 0. The third-order valence-corrected chi connectivity index (χ3v) is 3.52. The summed E-state index contributed by atoms with van der Waals surface area (Å²) in [4.78, 5) is 14.1. The summed E-state index contributed by atoms with van der Waals surface area (Å²) in [5, 5.41) is 0. The fourth-order valence-electron chi connectivity index (χ4n) is 2.39. The summed E-state index contributed by atoms with van der Waals surface area (Å²) in [5.41, 5.74) is 0. The number of hydrogen-bond acceptors (Lipinski definition) is 1. The fourth-order valence-corrected chi connectivity index (χ4v) is 2.39. The average molecular weight is 197 g/mol. The number of carbonyl (C=O) groups is 1. The topological polar surface area (TPSA) is 20.3 Å². The molecule has 0 N–H and O–H groups in total. The van der Waals surface area contributed by atoms with Crippen molar-refractivity contribution in [2.24, 2.45) is 11.8 Å². The quantitative estimate of drug-likeness (QED) is 0.666. The van der Waals surface area contributed by atoms with Crippen LogP contribution in [0.5, 0.6) is 0 Å². The fraction of sp³-hybridized carbons (Fsp3) is 0.917. The molecule has 1 aliphatic rings. The van der Waals surface area contributed by atoms with Crippen molar-refractivity contribution in [2.45, 2.75) is 59.5 Å². The molecule has 3 atom stereocenters. The lowest BCUT2D eigenvalue weighted by atomic mass is 10.0. The largest absolute Gasteiger partial charge is 0.337 e. The zero-order valence-electron chi connectivity index (χ0n) is 10.1. The van der Waals surface area contributed by atoms with Crippen molar-refractivity contribution in [2.75, 3.05) is 0 Å². The second-order valence-electron chi connectivity index (χ2n) is 4.92. The third kappa shape index (κ3) is 1.94. The molecule has 0 aromatic heterocycles. The maximum Gasteiger partial charge on any atom is 0.225 e. The van der Waals surface area contributed by atoms with E-state index in [-0.39, 0.29) is 5.92 Å². The Hall–Kier alpha value is -0.530. The molecule has 0 saturated carbocycles. The number of rotatable bonds is 2. The van der Waals surface area contributed by atoms with E-state index in [9.17, 15) is 4.79 Å². The summed E-state index contributed by atoms with van der Waals surface area (Å²) in [6.07, 6.45) is 2.27. The molecule has 0 aliphatic carbocycles. The van der Waals surface area contributed by atoms with Gasteiger partial charge in [-0.05, 0) is 25.7 Å². The minimum absolute atomic E-state index is 0.136.